The van der Waals surface area contributed by atoms with Crippen molar-refractivity contribution in [2.45, 2.75) is 51.0 Å². The Hall–Kier alpha value is -2.72. The standard InChI is InChI=1S/C24H33N5O4S/c1-6-19-21-22(27-29(19)16-9-11-28(4)12-10-16)24(30)26-23(25-21)18-13-17(34(5,31)32)7-8-20(18)33-14-15(2)3/h7-8,13,15-16H,6,9-12,14H2,1-5H3,(H,25,26,30). The molecule has 34 heavy (non-hydrogen) atoms. The summed E-state index contributed by atoms with van der Waals surface area (Å²) in [5.74, 6) is 1.03. The summed E-state index contributed by atoms with van der Waals surface area (Å²) < 4.78 is 32.4. The number of nitrogens with one attached hydrogen (secondary N) is 1. The summed E-state index contributed by atoms with van der Waals surface area (Å²) in [5.41, 5.74) is 1.88. The summed E-state index contributed by atoms with van der Waals surface area (Å²) >= 11 is 0. The number of benzene rings is 1. The Morgan fingerprint density at radius 1 is 1.21 bits per heavy atom. The Balaban J connectivity index is 1.87. The van der Waals surface area contributed by atoms with Crippen LogP contribution in [0.3, 0.4) is 0 Å². The normalized spacial score (nSPS) is 15.9. The van der Waals surface area contributed by atoms with Crippen molar-refractivity contribution < 1.29 is 13.2 Å². The summed E-state index contributed by atoms with van der Waals surface area (Å²) in [4.78, 5) is 23.2. The number of piperidine rings is 1. The van der Waals surface area contributed by atoms with Crippen molar-refractivity contribution in [1.82, 2.24) is 24.6 Å². The first-order valence-electron chi connectivity index (χ1n) is 11.8. The number of aromatic amines is 1. The van der Waals surface area contributed by atoms with E-state index in [9.17, 15) is 13.2 Å². The second-order valence-corrected chi connectivity index (χ2v) is 11.5. The number of aryl methyl sites for hydroxylation is 1. The Morgan fingerprint density at radius 3 is 2.53 bits per heavy atom. The highest BCUT2D eigenvalue weighted by atomic mass is 32.2. The van der Waals surface area contributed by atoms with Gasteiger partial charge in [0.15, 0.2) is 15.4 Å². The predicted octanol–water partition coefficient (Wildman–Crippen LogP) is 3.05. The van der Waals surface area contributed by atoms with Crippen molar-refractivity contribution in [2.24, 2.45) is 5.92 Å². The zero-order valence-electron chi connectivity index (χ0n) is 20.5. The van der Waals surface area contributed by atoms with Crippen LogP contribution >= 0.6 is 0 Å². The minimum atomic E-state index is -3.46. The predicted molar refractivity (Wildman–Crippen MR) is 132 cm³/mol. The quantitative estimate of drug-likeness (QED) is 0.545. The second-order valence-electron chi connectivity index (χ2n) is 9.53. The van der Waals surface area contributed by atoms with Gasteiger partial charge < -0.3 is 14.6 Å². The largest absolute Gasteiger partial charge is 0.493 e. The van der Waals surface area contributed by atoms with Crippen molar-refractivity contribution >= 4 is 20.9 Å². The van der Waals surface area contributed by atoms with E-state index < -0.39 is 9.84 Å². The van der Waals surface area contributed by atoms with Crippen LogP contribution in [0.5, 0.6) is 5.75 Å². The van der Waals surface area contributed by atoms with Crippen LogP contribution in [0.4, 0.5) is 0 Å². The number of sulfone groups is 1. The van der Waals surface area contributed by atoms with Crippen molar-refractivity contribution in [3.8, 4) is 17.1 Å². The lowest BCUT2D eigenvalue weighted by Crippen LogP contribution is -2.32. The molecule has 1 N–H and O–H groups in total. The Morgan fingerprint density at radius 2 is 1.91 bits per heavy atom. The highest BCUT2D eigenvalue weighted by Gasteiger charge is 2.25. The summed E-state index contributed by atoms with van der Waals surface area (Å²) in [6.07, 6.45) is 3.76. The number of hydrogen-bond donors (Lipinski definition) is 1. The molecule has 4 rings (SSSR count). The van der Waals surface area contributed by atoms with Gasteiger partial charge >= 0.3 is 0 Å². The first-order valence-corrected chi connectivity index (χ1v) is 13.6. The molecule has 0 bridgehead atoms. The molecule has 0 amide bonds. The van der Waals surface area contributed by atoms with E-state index in [1.165, 1.54) is 12.1 Å². The van der Waals surface area contributed by atoms with Gasteiger partial charge in [-0.25, -0.2) is 13.4 Å². The molecule has 0 saturated carbocycles. The number of H-pyrrole nitrogens is 1. The first-order chi connectivity index (χ1) is 16.1. The van der Waals surface area contributed by atoms with E-state index in [2.05, 4.69) is 22.0 Å². The molecule has 0 atom stereocenters. The summed E-state index contributed by atoms with van der Waals surface area (Å²) in [5, 5.41) is 4.67. The second kappa shape index (κ2) is 9.50. The SMILES string of the molecule is CCc1c2nc(-c3cc(S(C)(=O)=O)ccc3OCC(C)C)[nH]c(=O)c2nn1C1CCN(C)CC1. The van der Waals surface area contributed by atoms with Gasteiger partial charge in [-0.1, -0.05) is 20.8 Å². The molecule has 0 aliphatic carbocycles. The average Bonchev–Trinajstić information content (AvgIpc) is 3.16. The molecule has 3 aromatic rings. The lowest BCUT2D eigenvalue weighted by molar-refractivity contribution is 0.210. The van der Waals surface area contributed by atoms with E-state index in [1.54, 1.807) is 6.07 Å². The molecule has 1 saturated heterocycles. The lowest BCUT2D eigenvalue weighted by Gasteiger charge is -2.29. The van der Waals surface area contributed by atoms with Crippen molar-refractivity contribution in [2.75, 3.05) is 33.0 Å². The van der Waals surface area contributed by atoms with Gasteiger partial charge in [0, 0.05) is 6.26 Å². The van der Waals surface area contributed by atoms with Crippen LogP contribution in [0.15, 0.2) is 27.9 Å². The zero-order chi connectivity index (χ0) is 24.6. The zero-order valence-corrected chi connectivity index (χ0v) is 21.3. The number of rotatable bonds is 7. The average molecular weight is 488 g/mol. The number of hydrogen-bond acceptors (Lipinski definition) is 7. The van der Waals surface area contributed by atoms with Gasteiger partial charge in [0.1, 0.15) is 17.1 Å². The topological polar surface area (TPSA) is 110 Å². The molecule has 1 aromatic carbocycles. The monoisotopic (exact) mass is 487 g/mol. The fraction of sp³-hybridized carbons (Fsp3) is 0.542. The highest BCUT2D eigenvalue weighted by Crippen LogP contribution is 2.32. The van der Waals surface area contributed by atoms with Crippen LogP contribution in [0.1, 0.15) is 45.3 Å². The van der Waals surface area contributed by atoms with E-state index in [4.69, 9.17) is 9.72 Å². The Kier molecular flexibility index (Phi) is 6.82. The number of likely N-dealkylation sites (tertiary alicyclic amines) is 1. The van der Waals surface area contributed by atoms with Crippen molar-refractivity contribution in [3.05, 3.63) is 34.2 Å². The van der Waals surface area contributed by atoms with Crippen LogP contribution in [0.25, 0.3) is 22.4 Å². The molecule has 2 aromatic heterocycles. The maximum Gasteiger partial charge on any atom is 0.279 e. The fourth-order valence-corrected chi connectivity index (χ4v) is 4.99. The highest BCUT2D eigenvalue weighted by molar-refractivity contribution is 7.90. The van der Waals surface area contributed by atoms with Gasteiger partial charge in [-0.3, -0.25) is 9.48 Å². The van der Waals surface area contributed by atoms with Crippen LogP contribution < -0.4 is 10.3 Å². The van der Waals surface area contributed by atoms with Gasteiger partial charge in [0.25, 0.3) is 5.56 Å². The van der Waals surface area contributed by atoms with Crippen molar-refractivity contribution in [3.63, 3.8) is 0 Å². The van der Waals surface area contributed by atoms with Gasteiger partial charge in [-0.15, -0.1) is 0 Å². The minimum Gasteiger partial charge on any atom is -0.493 e. The van der Waals surface area contributed by atoms with Crippen molar-refractivity contribution in [1.29, 1.82) is 0 Å². The molecule has 1 aliphatic rings. The summed E-state index contributed by atoms with van der Waals surface area (Å²) in [7, 11) is -1.35. The molecular formula is C24H33N5O4S. The first kappa shape index (κ1) is 24.4. The van der Waals surface area contributed by atoms with Crippen LogP contribution in [0.2, 0.25) is 0 Å². The molecule has 3 heterocycles. The third kappa shape index (κ3) is 4.88. The summed E-state index contributed by atoms with van der Waals surface area (Å²) in [6.45, 7) is 8.50. The molecule has 9 nitrogen and oxygen atoms in total. The Labute approximate surface area is 200 Å². The van der Waals surface area contributed by atoms with Gasteiger partial charge in [-0.05, 0) is 63.5 Å². The number of fused-ring (bicyclic) bond motifs is 1. The van der Waals surface area contributed by atoms with Crippen LogP contribution in [-0.2, 0) is 16.3 Å². The molecule has 184 valence electrons. The minimum absolute atomic E-state index is 0.139. The maximum atomic E-state index is 13.1. The van der Waals surface area contributed by atoms with E-state index in [0.717, 1.165) is 37.9 Å². The number of nitrogens with zero attached hydrogens (tertiary/aromatic N) is 4. The van der Waals surface area contributed by atoms with Crippen LogP contribution in [0, 0.1) is 5.92 Å². The summed E-state index contributed by atoms with van der Waals surface area (Å²) in [6, 6.07) is 4.88. The molecule has 0 spiro atoms. The number of aromatic nitrogens is 4. The molecule has 0 unspecified atom stereocenters. The van der Waals surface area contributed by atoms with Gasteiger partial charge in [-0.2, -0.15) is 5.10 Å². The van der Waals surface area contributed by atoms with E-state index in [0.29, 0.717) is 35.4 Å². The van der Waals surface area contributed by atoms with Crippen LogP contribution in [-0.4, -0.2) is 66.1 Å². The van der Waals surface area contributed by atoms with E-state index in [1.807, 2.05) is 25.5 Å². The molecule has 1 aliphatic heterocycles. The Bertz CT molecular complexity index is 1350. The molecule has 0 radical (unpaired) electrons. The molecule has 1 fully saturated rings. The smallest absolute Gasteiger partial charge is 0.279 e. The molecule has 10 heteroatoms. The maximum absolute atomic E-state index is 13.1. The third-order valence-electron chi connectivity index (χ3n) is 6.23. The van der Waals surface area contributed by atoms with E-state index in [-0.39, 0.29) is 28.2 Å². The van der Waals surface area contributed by atoms with Gasteiger partial charge in [0.2, 0.25) is 0 Å². The van der Waals surface area contributed by atoms with Gasteiger partial charge in [0.05, 0.1) is 28.8 Å². The number of ether oxygens (including phenoxy) is 1. The van der Waals surface area contributed by atoms with E-state index >= 15 is 0 Å². The molecular weight excluding hydrogens is 454 g/mol. The third-order valence-corrected chi connectivity index (χ3v) is 7.34. The lowest BCUT2D eigenvalue weighted by atomic mass is 10.1. The fourth-order valence-electron chi connectivity index (χ4n) is 4.34.